The second-order valence-corrected chi connectivity index (χ2v) is 4.31. The van der Waals surface area contributed by atoms with Crippen LogP contribution in [0.2, 0.25) is 5.02 Å². The normalized spacial score (nSPS) is 10.3. The molecule has 5 heteroatoms. The number of halogens is 1. The Morgan fingerprint density at radius 3 is 2.81 bits per heavy atom. The molecular formula is C11H16ClN3O. The van der Waals surface area contributed by atoms with Crippen molar-refractivity contribution in [1.29, 1.82) is 0 Å². The van der Waals surface area contributed by atoms with Crippen molar-refractivity contribution in [3.05, 3.63) is 22.8 Å². The summed E-state index contributed by atoms with van der Waals surface area (Å²) in [6.45, 7) is 4.70. The number of amides is 1. The number of nitrogens with one attached hydrogen (secondary N) is 2. The Kier molecular flexibility index (Phi) is 4.55. The molecule has 0 radical (unpaired) electrons. The summed E-state index contributed by atoms with van der Waals surface area (Å²) >= 11 is 5.91. The maximum Gasteiger partial charge on any atom is 0.252 e. The summed E-state index contributed by atoms with van der Waals surface area (Å²) < 4.78 is 0. The van der Waals surface area contributed by atoms with E-state index >= 15 is 0 Å². The highest BCUT2D eigenvalue weighted by molar-refractivity contribution is 6.33. The highest BCUT2D eigenvalue weighted by Crippen LogP contribution is 2.17. The molecule has 0 saturated heterocycles. The van der Waals surface area contributed by atoms with Crippen LogP contribution in [0.5, 0.6) is 0 Å². The maximum absolute atomic E-state index is 11.8. The number of carbonyl (C=O) groups is 1. The first-order chi connectivity index (χ1) is 7.54. The zero-order valence-electron chi connectivity index (χ0n) is 9.67. The van der Waals surface area contributed by atoms with E-state index in [4.69, 9.17) is 11.6 Å². The predicted octanol–water partition coefficient (Wildman–Crippen LogP) is 2.16. The summed E-state index contributed by atoms with van der Waals surface area (Å²) in [5.41, 5.74) is 0.446. The highest BCUT2D eigenvalue weighted by atomic mass is 35.5. The van der Waals surface area contributed by atoms with E-state index in [0.29, 0.717) is 28.9 Å². The molecule has 1 rings (SSSR count). The summed E-state index contributed by atoms with van der Waals surface area (Å²) in [7, 11) is 1.74. The number of pyridine rings is 1. The van der Waals surface area contributed by atoms with Crippen molar-refractivity contribution in [2.75, 3.05) is 18.9 Å². The first kappa shape index (κ1) is 12.8. The number of anilines is 1. The second kappa shape index (κ2) is 5.70. The molecule has 0 spiro atoms. The van der Waals surface area contributed by atoms with Crippen LogP contribution in [0.15, 0.2) is 12.3 Å². The van der Waals surface area contributed by atoms with Crippen molar-refractivity contribution in [3.63, 3.8) is 0 Å². The Labute approximate surface area is 100 Å². The molecular weight excluding hydrogens is 226 g/mol. The van der Waals surface area contributed by atoms with Gasteiger partial charge in [-0.05, 0) is 12.0 Å². The molecule has 0 fully saturated rings. The fraction of sp³-hybridized carbons (Fsp3) is 0.455. The number of carbonyl (C=O) groups excluding carboxylic acids is 1. The van der Waals surface area contributed by atoms with Gasteiger partial charge in [-0.3, -0.25) is 4.79 Å². The van der Waals surface area contributed by atoms with Gasteiger partial charge in [-0.15, -0.1) is 0 Å². The molecule has 0 aliphatic heterocycles. The molecule has 0 saturated carbocycles. The fourth-order valence-electron chi connectivity index (χ4n) is 1.14. The number of rotatable bonds is 4. The van der Waals surface area contributed by atoms with Crippen LogP contribution in [0.3, 0.4) is 0 Å². The van der Waals surface area contributed by atoms with Gasteiger partial charge in [0.2, 0.25) is 0 Å². The van der Waals surface area contributed by atoms with E-state index in [-0.39, 0.29) is 5.91 Å². The van der Waals surface area contributed by atoms with E-state index in [2.05, 4.69) is 15.6 Å². The Balaban J connectivity index is 2.81. The summed E-state index contributed by atoms with van der Waals surface area (Å²) in [5.74, 6) is 0.866. The van der Waals surface area contributed by atoms with Gasteiger partial charge in [0.05, 0.1) is 10.6 Å². The average molecular weight is 242 g/mol. The second-order valence-electron chi connectivity index (χ2n) is 3.90. The van der Waals surface area contributed by atoms with Gasteiger partial charge in [-0.25, -0.2) is 4.98 Å². The minimum Gasteiger partial charge on any atom is -0.373 e. The van der Waals surface area contributed by atoms with Crippen molar-refractivity contribution >= 4 is 23.3 Å². The van der Waals surface area contributed by atoms with Crippen LogP contribution in [0.4, 0.5) is 5.82 Å². The number of hydrogen-bond donors (Lipinski definition) is 2. The lowest BCUT2D eigenvalue weighted by Gasteiger charge is -2.09. The Hall–Kier alpha value is -1.29. The van der Waals surface area contributed by atoms with E-state index in [1.54, 1.807) is 13.1 Å². The fourth-order valence-corrected chi connectivity index (χ4v) is 1.33. The third-order valence-electron chi connectivity index (χ3n) is 2.03. The van der Waals surface area contributed by atoms with Crippen LogP contribution >= 0.6 is 11.6 Å². The van der Waals surface area contributed by atoms with Gasteiger partial charge in [0.1, 0.15) is 5.82 Å². The molecule has 1 aromatic heterocycles. The Morgan fingerprint density at radius 1 is 1.56 bits per heavy atom. The molecule has 16 heavy (non-hydrogen) atoms. The van der Waals surface area contributed by atoms with Crippen LogP contribution in [0.25, 0.3) is 0 Å². The van der Waals surface area contributed by atoms with Crippen molar-refractivity contribution in [3.8, 4) is 0 Å². The van der Waals surface area contributed by atoms with E-state index in [1.165, 1.54) is 6.20 Å². The molecule has 2 N–H and O–H groups in total. The lowest BCUT2D eigenvalue weighted by atomic mass is 10.2. The van der Waals surface area contributed by atoms with Gasteiger partial charge < -0.3 is 10.6 Å². The third-order valence-corrected chi connectivity index (χ3v) is 2.33. The van der Waals surface area contributed by atoms with Crippen molar-refractivity contribution < 1.29 is 4.79 Å². The molecule has 0 aliphatic rings. The summed E-state index contributed by atoms with van der Waals surface area (Å²) in [6.07, 6.45) is 1.47. The third kappa shape index (κ3) is 3.38. The number of aromatic nitrogens is 1. The van der Waals surface area contributed by atoms with Gasteiger partial charge in [-0.2, -0.15) is 0 Å². The zero-order valence-corrected chi connectivity index (χ0v) is 10.4. The molecule has 1 amide bonds. The number of nitrogens with zero attached hydrogens (tertiary/aromatic N) is 1. The molecule has 0 bridgehead atoms. The molecule has 0 aliphatic carbocycles. The van der Waals surface area contributed by atoms with Crippen molar-refractivity contribution in [1.82, 2.24) is 10.3 Å². The zero-order chi connectivity index (χ0) is 12.1. The van der Waals surface area contributed by atoms with E-state index in [9.17, 15) is 4.79 Å². The largest absolute Gasteiger partial charge is 0.373 e. The summed E-state index contributed by atoms with van der Waals surface area (Å²) in [6, 6.07) is 1.64. The standard InChI is InChI=1S/C11H16ClN3O/c1-7(2)5-15-11(16)8-4-10(13-3)14-6-9(8)12/h4,6-7H,5H2,1-3H3,(H,13,14)(H,15,16). The Bertz CT molecular complexity index is 379. The monoisotopic (exact) mass is 241 g/mol. The SMILES string of the molecule is CNc1cc(C(=O)NCC(C)C)c(Cl)cn1. The van der Waals surface area contributed by atoms with Crippen molar-refractivity contribution in [2.45, 2.75) is 13.8 Å². The maximum atomic E-state index is 11.8. The summed E-state index contributed by atoms with van der Waals surface area (Å²) in [5, 5.41) is 6.04. The molecule has 0 atom stereocenters. The molecule has 1 aromatic rings. The molecule has 0 unspecified atom stereocenters. The lowest BCUT2D eigenvalue weighted by molar-refractivity contribution is 0.0949. The van der Waals surface area contributed by atoms with E-state index < -0.39 is 0 Å². The van der Waals surface area contributed by atoms with E-state index in [1.807, 2.05) is 13.8 Å². The summed E-state index contributed by atoms with van der Waals surface area (Å²) in [4.78, 5) is 15.8. The van der Waals surface area contributed by atoms with Crippen LogP contribution < -0.4 is 10.6 Å². The highest BCUT2D eigenvalue weighted by Gasteiger charge is 2.11. The molecule has 4 nitrogen and oxygen atoms in total. The minimum absolute atomic E-state index is 0.169. The number of hydrogen-bond acceptors (Lipinski definition) is 3. The first-order valence-corrected chi connectivity index (χ1v) is 5.54. The lowest BCUT2D eigenvalue weighted by Crippen LogP contribution is -2.27. The van der Waals surface area contributed by atoms with Crippen molar-refractivity contribution in [2.24, 2.45) is 5.92 Å². The minimum atomic E-state index is -0.169. The smallest absolute Gasteiger partial charge is 0.252 e. The van der Waals surface area contributed by atoms with Crippen LogP contribution in [0.1, 0.15) is 24.2 Å². The van der Waals surface area contributed by atoms with Gasteiger partial charge in [0, 0.05) is 19.8 Å². The Morgan fingerprint density at radius 2 is 2.25 bits per heavy atom. The van der Waals surface area contributed by atoms with Crippen LogP contribution in [-0.2, 0) is 0 Å². The van der Waals surface area contributed by atoms with Gasteiger partial charge in [-0.1, -0.05) is 25.4 Å². The van der Waals surface area contributed by atoms with E-state index in [0.717, 1.165) is 0 Å². The van der Waals surface area contributed by atoms with Gasteiger partial charge >= 0.3 is 0 Å². The quantitative estimate of drug-likeness (QED) is 0.850. The van der Waals surface area contributed by atoms with Gasteiger partial charge in [0.15, 0.2) is 0 Å². The van der Waals surface area contributed by atoms with Crippen LogP contribution in [0, 0.1) is 5.92 Å². The molecule has 1 heterocycles. The predicted molar refractivity (Wildman–Crippen MR) is 66.0 cm³/mol. The van der Waals surface area contributed by atoms with Crippen LogP contribution in [-0.4, -0.2) is 24.5 Å². The molecule has 88 valence electrons. The first-order valence-electron chi connectivity index (χ1n) is 5.16. The van der Waals surface area contributed by atoms with Gasteiger partial charge in [0.25, 0.3) is 5.91 Å². The topological polar surface area (TPSA) is 54.0 Å². The molecule has 0 aromatic carbocycles. The average Bonchev–Trinajstić information content (AvgIpc) is 2.26.